The summed E-state index contributed by atoms with van der Waals surface area (Å²) in [6.45, 7) is 0.182. The van der Waals surface area contributed by atoms with Gasteiger partial charge in [-0.2, -0.15) is 0 Å². The molecule has 0 fully saturated rings. The summed E-state index contributed by atoms with van der Waals surface area (Å²) in [5.74, 6) is 0.268. The molecule has 1 aliphatic carbocycles. The normalized spacial score (nSPS) is 14.5. The first-order valence-corrected chi connectivity index (χ1v) is 8.34. The minimum atomic E-state index is 0.182. The SMILES string of the molecule is OCCC/C(C1=CC=CC1)=C(/c1ccccc1)c1ccc(O)cc1. The Bertz CT molecular complexity index is 765. The summed E-state index contributed by atoms with van der Waals surface area (Å²) in [7, 11) is 0. The van der Waals surface area contributed by atoms with Crippen molar-refractivity contribution in [3.8, 4) is 5.75 Å². The van der Waals surface area contributed by atoms with E-state index >= 15 is 0 Å². The van der Waals surface area contributed by atoms with Crippen molar-refractivity contribution in [2.24, 2.45) is 0 Å². The van der Waals surface area contributed by atoms with E-state index in [9.17, 15) is 10.2 Å². The lowest BCUT2D eigenvalue weighted by molar-refractivity contribution is 0.289. The van der Waals surface area contributed by atoms with Gasteiger partial charge in [0.15, 0.2) is 0 Å². The van der Waals surface area contributed by atoms with Gasteiger partial charge < -0.3 is 10.2 Å². The molecular formula is C22H22O2. The standard InChI is InChI=1S/C22H22O2/c23-16-6-11-21(17-7-4-5-8-17)22(18-9-2-1-3-10-18)19-12-14-20(24)15-13-19/h1-5,7,9-10,12-15,23-24H,6,8,11,16H2/b22-21+. The van der Waals surface area contributed by atoms with Crippen LogP contribution in [-0.4, -0.2) is 16.8 Å². The van der Waals surface area contributed by atoms with E-state index in [4.69, 9.17) is 0 Å². The Kier molecular flexibility index (Phi) is 5.29. The van der Waals surface area contributed by atoms with Crippen LogP contribution in [0.2, 0.25) is 0 Å². The summed E-state index contributed by atoms with van der Waals surface area (Å²) in [5, 5.41) is 19.0. The van der Waals surface area contributed by atoms with Crippen molar-refractivity contribution in [1.29, 1.82) is 0 Å². The zero-order valence-electron chi connectivity index (χ0n) is 13.7. The van der Waals surface area contributed by atoms with E-state index < -0.39 is 0 Å². The van der Waals surface area contributed by atoms with Gasteiger partial charge in [0.05, 0.1) is 0 Å². The molecule has 122 valence electrons. The van der Waals surface area contributed by atoms with Gasteiger partial charge in [0.25, 0.3) is 0 Å². The number of hydrogen-bond acceptors (Lipinski definition) is 2. The van der Waals surface area contributed by atoms with Gasteiger partial charge in [-0.1, -0.05) is 60.7 Å². The lowest BCUT2D eigenvalue weighted by atomic mass is 9.86. The minimum absolute atomic E-state index is 0.182. The van der Waals surface area contributed by atoms with Gasteiger partial charge in [-0.3, -0.25) is 0 Å². The zero-order valence-corrected chi connectivity index (χ0v) is 13.7. The van der Waals surface area contributed by atoms with Crippen LogP contribution < -0.4 is 0 Å². The Morgan fingerprint density at radius 2 is 1.62 bits per heavy atom. The van der Waals surface area contributed by atoms with E-state index in [1.807, 2.05) is 30.3 Å². The maximum Gasteiger partial charge on any atom is 0.115 e. The fraction of sp³-hybridized carbons (Fsp3) is 0.182. The van der Waals surface area contributed by atoms with Crippen molar-refractivity contribution in [2.75, 3.05) is 6.61 Å². The molecule has 2 heteroatoms. The first-order valence-electron chi connectivity index (χ1n) is 8.34. The van der Waals surface area contributed by atoms with Gasteiger partial charge >= 0.3 is 0 Å². The summed E-state index contributed by atoms with van der Waals surface area (Å²) < 4.78 is 0. The summed E-state index contributed by atoms with van der Waals surface area (Å²) >= 11 is 0. The molecule has 0 amide bonds. The van der Waals surface area contributed by atoms with Crippen LogP contribution in [0.3, 0.4) is 0 Å². The van der Waals surface area contributed by atoms with Crippen LogP contribution in [0.5, 0.6) is 5.75 Å². The van der Waals surface area contributed by atoms with E-state index in [2.05, 4.69) is 30.4 Å². The number of aliphatic hydroxyl groups is 1. The van der Waals surface area contributed by atoms with Crippen molar-refractivity contribution in [3.05, 3.63) is 95.1 Å². The van der Waals surface area contributed by atoms with Crippen LogP contribution in [0.25, 0.3) is 5.57 Å². The highest BCUT2D eigenvalue weighted by Crippen LogP contribution is 2.36. The highest BCUT2D eigenvalue weighted by molar-refractivity contribution is 5.85. The summed E-state index contributed by atoms with van der Waals surface area (Å²) in [4.78, 5) is 0. The van der Waals surface area contributed by atoms with Crippen LogP contribution in [0.4, 0.5) is 0 Å². The fourth-order valence-electron chi connectivity index (χ4n) is 3.12. The van der Waals surface area contributed by atoms with Crippen LogP contribution in [0.15, 0.2) is 84.0 Å². The molecule has 0 aliphatic heterocycles. The molecule has 2 nitrogen and oxygen atoms in total. The Morgan fingerprint density at radius 3 is 2.25 bits per heavy atom. The Balaban J connectivity index is 2.17. The third-order valence-electron chi connectivity index (χ3n) is 4.26. The van der Waals surface area contributed by atoms with Crippen LogP contribution >= 0.6 is 0 Å². The molecule has 0 bridgehead atoms. The average molecular weight is 318 g/mol. The molecule has 2 aromatic rings. The lowest BCUT2D eigenvalue weighted by Crippen LogP contribution is -1.99. The molecule has 24 heavy (non-hydrogen) atoms. The highest BCUT2D eigenvalue weighted by Gasteiger charge is 2.16. The molecule has 0 spiro atoms. The second kappa shape index (κ2) is 7.80. The number of phenolic OH excluding ortho intramolecular Hbond substituents is 1. The van der Waals surface area contributed by atoms with E-state index in [0.29, 0.717) is 0 Å². The van der Waals surface area contributed by atoms with Gasteiger partial charge in [-0.05, 0) is 59.2 Å². The summed E-state index contributed by atoms with van der Waals surface area (Å²) in [6, 6.07) is 17.7. The second-order valence-electron chi connectivity index (χ2n) is 5.92. The molecule has 0 saturated carbocycles. The van der Waals surface area contributed by atoms with Crippen molar-refractivity contribution in [3.63, 3.8) is 0 Å². The van der Waals surface area contributed by atoms with Gasteiger partial charge in [0.1, 0.15) is 5.75 Å². The quantitative estimate of drug-likeness (QED) is 0.799. The Morgan fingerprint density at radius 1 is 0.917 bits per heavy atom. The molecule has 1 aliphatic rings. The third-order valence-corrected chi connectivity index (χ3v) is 4.26. The van der Waals surface area contributed by atoms with Crippen LogP contribution in [-0.2, 0) is 0 Å². The monoisotopic (exact) mass is 318 g/mol. The predicted octanol–water partition coefficient (Wildman–Crippen LogP) is 4.85. The van der Waals surface area contributed by atoms with Crippen LogP contribution in [0.1, 0.15) is 30.4 Å². The number of aliphatic hydroxyl groups excluding tert-OH is 1. The number of phenols is 1. The van der Waals surface area contributed by atoms with Crippen LogP contribution in [0, 0.1) is 0 Å². The van der Waals surface area contributed by atoms with E-state index in [0.717, 1.165) is 30.4 Å². The van der Waals surface area contributed by atoms with E-state index in [1.54, 1.807) is 12.1 Å². The van der Waals surface area contributed by atoms with Gasteiger partial charge in [-0.15, -0.1) is 0 Å². The molecule has 0 atom stereocenters. The van der Waals surface area contributed by atoms with Gasteiger partial charge in [0, 0.05) is 6.61 Å². The number of aromatic hydroxyl groups is 1. The van der Waals surface area contributed by atoms with Crippen molar-refractivity contribution in [1.82, 2.24) is 0 Å². The number of hydrogen-bond donors (Lipinski definition) is 2. The smallest absolute Gasteiger partial charge is 0.115 e. The number of rotatable bonds is 6. The topological polar surface area (TPSA) is 40.5 Å². The third kappa shape index (κ3) is 3.66. The summed E-state index contributed by atoms with van der Waals surface area (Å²) in [6.07, 6.45) is 8.91. The number of benzene rings is 2. The molecule has 0 aromatic heterocycles. The molecule has 0 radical (unpaired) electrons. The van der Waals surface area contributed by atoms with E-state index in [1.165, 1.54) is 16.7 Å². The molecule has 2 aromatic carbocycles. The van der Waals surface area contributed by atoms with Crippen molar-refractivity contribution < 1.29 is 10.2 Å². The largest absolute Gasteiger partial charge is 0.508 e. The molecule has 0 unspecified atom stereocenters. The minimum Gasteiger partial charge on any atom is -0.508 e. The van der Waals surface area contributed by atoms with Gasteiger partial charge in [-0.25, -0.2) is 0 Å². The molecular weight excluding hydrogens is 296 g/mol. The van der Waals surface area contributed by atoms with Gasteiger partial charge in [0.2, 0.25) is 0 Å². The second-order valence-corrected chi connectivity index (χ2v) is 5.92. The first kappa shape index (κ1) is 16.3. The Hall–Kier alpha value is -2.58. The Labute approximate surface area is 143 Å². The maximum absolute atomic E-state index is 9.63. The summed E-state index contributed by atoms with van der Waals surface area (Å²) in [5.41, 5.74) is 5.99. The maximum atomic E-state index is 9.63. The zero-order chi connectivity index (χ0) is 16.8. The molecule has 0 saturated heterocycles. The lowest BCUT2D eigenvalue weighted by Gasteiger charge is -2.18. The van der Waals surface area contributed by atoms with Crippen molar-refractivity contribution >= 4 is 5.57 Å². The van der Waals surface area contributed by atoms with E-state index in [-0.39, 0.29) is 12.4 Å². The highest BCUT2D eigenvalue weighted by atomic mass is 16.3. The molecule has 2 N–H and O–H groups in total. The van der Waals surface area contributed by atoms with Crippen molar-refractivity contribution in [2.45, 2.75) is 19.3 Å². The number of allylic oxidation sites excluding steroid dienone is 5. The first-order chi connectivity index (χ1) is 11.8. The average Bonchev–Trinajstić information content (AvgIpc) is 3.15. The fourth-order valence-corrected chi connectivity index (χ4v) is 3.12. The molecule has 3 rings (SSSR count). The predicted molar refractivity (Wildman–Crippen MR) is 98.7 cm³/mol. The molecule has 0 heterocycles.